The lowest BCUT2D eigenvalue weighted by atomic mass is 10.2. The van der Waals surface area contributed by atoms with E-state index in [9.17, 15) is 8.78 Å². The van der Waals surface area contributed by atoms with Gasteiger partial charge in [0.05, 0.1) is 0 Å². The second-order valence-electron chi connectivity index (χ2n) is 2.98. The van der Waals surface area contributed by atoms with E-state index in [-0.39, 0.29) is 5.75 Å². The van der Waals surface area contributed by atoms with E-state index >= 15 is 0 Å². The summed E-state index contributed by atoms with van der Waals surface area (Å²) in [5.41, 5.74) is 0.652. The minimum Gasteiger partial charge on any atom is -0.435 e. The molecule has 90 valence electrons. The van der Waals surface area contributed by atoms with Gasteiger partial charge in [0, 0.05) is 5.56 Å². The van der Waals surface area contributed by atoms with E-state index in [0.29, 0.717) is 16.7 Å². The molecule has 0 radical (unpaired) electrons. The van der Waals surface area contributed by atoms with Crippen LogP contribution in [0.1, 0.15) is 0 Å². The van der Waals surface area contributed by atoms with Crippen molar-refractivity contribution in [1.29, 1.82) is 0 Å². The first-order chi connectivity index (χ1) is 8.19. The Morgan fingerprint density at radius 3 is 2.47 bits per heavy atom. The summed E-state index contributed by atoms with van der Waals surface area (Å²) >= 11 is 1.33. The minimum absolute atomic E-state index is 0.0911. The van der Waals surface area contributed by atoms with Gasteiger partial charge in [0.15, 0.2) is 0 Å². The smallest absolute Gasteiger partial charge is 0.387 e. The number of hydrogen-bond acceptors (Lipinski definition) is 5. The molecule has 7 heteroatoms. The molecule has 0 saturated carbocycles. The summed E-state index contributed by atoms with van der Waals surface area (Å²) in [4.78, 5) is 0. The van der Waals surface area contributed by atoms with E-state index in [1.807, 2.05) is 6.26 Å². The first kappa shape index (κ1) is 11.8. The normalized spacial score (nSPS) is 10.8. The van der Waals surface area contributed by atoms with Crippen LogP contribution < -0.4 is 4.74 Å². The van der Waals surface area contributed by atoms with E-state index in [1.165, 1.54) is 23.9 Å². The number of ether oxygens (including phenoxy) is 1. The Balaban J connectivity index is 2.17. The molecule has 0 saturated heterocycles. The van der Waals surface area contributed by atoms with Crippen molar-refractivity contribution >= 4 is 11.8 Å². The molecule has 0 unspecified atom stereocenters. The molecule has 0 N–H and O–H groups in total. The highest BCUT2D eigenvalue weighted by molar-refractivity contribution is 7.98. The zero-order chi connectivity index (χ0) is 12.3. The van der Waals surface area contributed by atoms with Crippen LogP contribution in [0.4, 0.5) is 8.78 Å². The predicted octanol–water partition coefficient (Wildman–Crippen LogP) is 3.06. The molecule has 0 aliphatic rings. The van der Waals surface area contributed by atoms with Crippen molar-refractivity contribution < 1.29 is 17.9 Å². The molecular weight excluding hydrogens is 250 g/mol. The van der Waals surface area contributed by atoms with Crippen LogP contribution in [0.3, 0.4) is 0 Å². The van der Waals surface area contributed by atoms with Gasteiger partial charge in [-0.2, -0.15) is 8.78 Å². The Hall–Kier alpha value is -1.63. The maximum absolute atomic E-state index is 11.9. The van der Waals surface area contributed by atoms with Crippen molar-refractivity contribution in [2.75, 3.05) is 6.26 Å². The van der Waals surface area contributed by atoms with E-state index in [1.54, 1.807) is 12.1 Å². The SMILES string of the molecule is CSc1nnc(-c2ccc(OC(F)F)cc2)o1. The standard InChI is InChI=1S/C10H8F2N2O2S/c1-17-10-14-13-8(16-10)6-2-4-7(5-3-6)15-9(11)12/h2-5,9H,1H3. The fourth-order valence-electron chi connectivity index (χ4n) is 1.19. The lowest BCUT2D eigenvalue weighted by Crippen LogP contribution is -2.01. The molecule has 0 bridgehead atoms. The number of aromatic nitrogens is 2. The van der Waals surface area contributed by atoms with Crippen molar-refractivity contribution in [2.45, 2.75) is 11.8 Å². The second kappa shape index (κ2) is 5.13. The zero-order valence-electron chi connectivity index (χ0n) is 8.76. The molecule has 0 aliphatic heterocycles. The summed E-state index contributed by atoms with van der Waals surface area (Å²) in [6.45, 7) is -2.83. The third kappa shape index (κ3) is 2.94. The molecule has 2 rings (SSSR count). The molecule has 4 nitrogen and oxygen atoms in total. The molecule has 1 aromatic carbocycles. The summed E-state index contributed by atoms with van der Waals surface area (Å²) in [5.74, 6) is 0.436. The fourth-order valence-corrected chi connectivity index (χ4v) is 1.47. The summed E-state index contributed by atoms with van der Waals surface area (Å²) in [6, 6.07) is 6.00. The fraction of sp³-hybridized carbons (Fsp3) is 0.200. The van der Waals surface area contributed by atoms with Gasteiger partial charge in [0.2, 0.25) is 5.89 Å². The molecule has 17 heavy (non-hydrogen) atoms. The number of nitrogens with zero attached hydrogens (tertiary/aromatic N) is 2. The van der Waals surface area contributed by atoms with Crippen molar-refractivity contribution in [3.05, 3.63) is 24.3 Å². The van der Waals surface area contributed by atoms with Gasteiger partial charge in [-0.1, -0.05) is 11.8 Å². The lowest BCUT2D eigenvalue weighted by molar-refractivity contribution is -0.0498. The highest BCUT2D eigenvalue weighted by Crippen LogP contribution is 2.24. The van der Waals surface area contributed by atoms with Crippen LogP contribution in [0, 0.1) is 0 Å². The van der Waals surface area contributed by atoms with Gasteiger partial charge in [-0.15, -0.1) is 10.2 Å². The number of rotatable bonds is 4. The Morgan fingerprint density at radius 1 is 1.24 bits per heavy atom. The molecule has 2 aromatic rings. The number of hydrogen-bond donors (Lipinski definition) is 0. The third-order valence-electron chi connectivity index (χ3n) is 1.91. The van der Waals surface area contributed by atoms with Crippen molar-refractivity contribution in [3.8, 4) is 17.2 Å². The van der Waals surface area contributed by atoms with Crippen molar-refractivity contribution in [3.63, 3.8) is 0 Å². The monoisotopic (exact) mass is 258 g/mol. The lowest BCUT2D eigenvalue weighted by Gasteiger charge is -2.03. The van der Waals surface area contributed by atoms with Gasteiger partial charge < -0.3 is 9.15 Å². The molecule has 0 aliphatic carbocycles. The summed E-state index contributed by atoms with van der Waals surface area (Å²) in [5, 5.41) is 8.05. The van der Waals surface area contributed by atoms with Gasteiger partial charge in [-0.05, 0) is 30.5 Å². The Morgan fingerprint density at radius 2 is 1.94 bits per heavy atom. The van der Waals surface area contributed by atoms with Crippen LogP contribution in [-0.4, -0.2) is 23.1 Å². The van der Waals surface area contributed by atoms with Gasteiger partial charge >= 0.3 is 6.61 Å². The number of alkyl halides is 2. The third-order valence-corrected chi connectivity index (χ3v) is 2.42. The van der Waals surface area contributed by atoms with E-state index in [0.717, 1.165) is 0 Å². The molecular formula is C10H8F2N2O2S. The Labute approximate surface area is 100.0 Å². The van der Waals surface area contributed by atoms with Crippen LogP contribution in [0.5, 0.6) is 5.75 Å². The quantitative estimate of drug-likeness (QED) is 0.789. The zero-order valence-corrected chi connectivity index (χ0v) is 9.58. The summed E-state index contributed by atoms with van der Waals surface area (Å²) in [7, 11) is 0. The molecule has 0 amide bonds. The number of thioether (sulfide) groups is 1. The van der Waals surface area contributed by atoms with Crippen LogP contribution in [0.25, 0.3) is 11.5 Å². The topological polar surface area (TPSA) is 48.2 Å². The van der Waals surface area contributed by atoms with Gasteiger partial charge in [-0.25, -0.2) is 0 Å². The second-order valence-corrected chi connectivity index (χ2v) is 3.74. The summed E-state index contributed by atoms with van der Waals surface area (Å²) < 4.78 is 33.4. The average Bonchev–Trinajstić information content (AvgIpc) is 2.78. The molecule has 1 aromatic heterocycles. The van der Waals surface area contributed by atoms with Gasteiger partial charge in [0.25, 0.3) is 5.22 Å². The highest BCUT2D eigenvalue weighted by Gasteiger charge is 2.09. The van der Waals surface area contributed by atoms with Crippen LogP contribution >= 0.6 is 11.8 Å². The van der Waals surface area contributed by atoms with Crippen LogP contribution in [-0.2, 0) is 0 Å². The van der Waals surface area contributed by atoms with Crippen LogP contribution in [0.15, 0.2) is 33.9 Å². The number of halogens is 2. The molecule has 0 atom stereocenters. The summed E-state index contributed by atoms with van der Waals surface area (Å²) in [6.07, 6.45) is 1.82. The maximum Gasteiger partial charge on any atom is 0.387 e. The molecule has 1 heterocycles. The van der Waals surface area contributed by atoms with Gasteiger partial charge in [0.1, 0.15) is 5.75 Å². The minimum atomic E-state index is -2.83. The van der Waals surface area contributed by atoms with E-state index in [2.05, 4.69) is 14.9 Å². The predicted molar refractivity (Wildman–Crippen MR) is 58.1 cm³/mol. The molecule has 0 fully saturated rings. The Bertz CT molecular complexity index is 487. The van der Waals surface area contributed by atoms with Crippen LogP contribution in [0.2, 0.25) is 0 Å². The largest absolute Gasteiger partial charge is 0.435 e. The van der Waals surface area contributed by atoms with E-state index in [4.69, 9.17) is 4.42 Å². The van der Waals surface area contributed by atoms with Gasteiger partial charge in [-0.3, -0.25) is 0 Å². The van der Waals surface area contributed by atoms with Crippen molar-refractivity contribution in [1.82, 2.24) is 10.2 Å². The average molecular weight is 258 g/mol. The maximum atomic E-state index is 11.9. The van der Waals surface area contributed by atoms with Crippen molar-refractivity contribution in [2.24, 2.45) is 0 Å². The first-order valence-corrected chi connectivity index (χ1v) is 5.84. The van der Waals surface area contributed by atoms with E-state index < -0.39 is 6.61 Å². The Kier molecular flexibility index (Phi) is 3.58. The molecule has 0 spiro atoms. The first-order valence-electron chi connectivity index (χ1n) is 4.62. The highest BCUT2D eigenvalue weighted by atomic mass is 32.2. The number of benzene rings is 1.